The van der Waals surface area contributed by atoms with Crippen molar-refractivity contribution < 1.29 is 9.21 Å². The second-order valence-corrected chi connectivity index (χ2v) is 7.14. The van der Waals surface area contributed by atoms with Crippen LogP contribution in [0.2, 0.25) is 0 Å². The van der Waals surface area contributed by atoms with E-state index in [2.05, 4.69) is 49.6 Å². The van der Waals surface area contributed by atoms with Crippen LogP contribution in [-0.4, -0.2) is 25.5 Å². The SMILES string of the molecule is Cc1ccccc1C(C#N)(CCCNCCNC(=O)c1ccco1)C(C)C. The molecule has 0 aliphatic heterocycles. The third-order valence-corrected chi connectivity index (χ3v) is 5.07. The number of nitriles is 1. The van der Waals surface area contributed by atoms with Gasteiger partial charge in [0, 0.05) is 13.1 Å². The first-order valence-corrected chi connectivity index (χ1v) is 9.51. The molecule has 0 saturated heterocycles. The van der Waals surface area contributed by atoms with Crippen LogP contribution in [0.5, 0.6) is 0 Å². The highest BCUT2D eigenvalue weighted by molar-refractivity contribution is 5.91. The van der Waals surface area contributed by atoms with Crippen LogP contribution in [0.4, 0.5) is 0 Å². The van der Waals surface area contributed by atoms with Gasteiger partial charge in [0.15, 0.2) is 5.76 Å². The van der Waals surface area contributed by atoms with E-state index >= 15 is 0 Å². The molecule has 27 heavy (non-hydrogen) atoms. The molecule has 2 rings (SSSR count). The highest BCUT2D eigenvalue weighted by Crippen LogP contribution is 2.38. The molecule has 5 nitrogen and oxygen atoms in total. The molecule has 0 spiro atoms. The van der Waals surface area contributed by atoms with E-state index in [4.69, 9.17) is 4.42 Å². The third kappa shape index (κ3) is 5.21. The van der Waals surface area contributed by atoms with E-state index in [1.165, 1.54) is 11.8 Å². The molecule has 1 amide bonds. The second-order valence-electron chi connectivity index (χ2n) is 7.14. The van der Waals surface area contributed by atoms with Crippen LogP contribution < -0.4 is 10.6 Å². The predicted octanol–water partition coefficient (Wildman–Crippen LogP) is 3.81. The molecule has 1 atom stereocenters. The molecule has 0 saturated carbocycles. The topological polar surface area (TPSA) is 78.1 Å². The van der Waals surface area contributed by atoms with Gasteiger partial charge in [0.05, 0.1) is 17.7 Å². The van der Waals surface area contributed by atoms with Crippen LogP contribution in [0, 0.1) is 24.2 Å². The maximum absolute atomic E-state index is 11.8. The minimum atomic E-state index is -0.472. The summed E-state index contributed by atoms with van der Waals surface area (Å²) in [5.41, 5.74) is 1.83. The molecule has 2 N–H and O–H groups in total. The molecule has 1 unspecified atom stereocenters. The standard InChI is InChI=1S/C22H29N3O2/c1-17(2)22(16-23,19-9-5-4-8-18(19)3)11-7-12-24-13-14-25-21(26)20-10-6-15-27-20/h4-6,8-10,15,17,24H,7,11-14H2,1-3H3,(H,25,26). The molecule has 0 aliphatic carbocycles. The number of carbonyl (C=O) groups excluding carboxylic acids is 1. The Hall–Kier alpha value is -2.58. The Kier molecular flexibility index (Phi) is 7.63. The first-order valence-electron chi connectivity index (χ1n) is 9.51. The van der Waals surface area contributed by atoms with Gasteiger partial charge in [0.2, 0.25) is 0 Å². The van der Waals surface area contributed by atoms with Crippen molar-refractivity contribution in [2.24, 2.45) is 5.92 Å². The first kappa shape index (κ1) is 20.7. The Bertz CT molecular complexity index is 762. The fraction of sp³-hybridized carbons (Fsp3) is 0.455. The largest absolute Gasteiger partial charge is 0.459 e. The van der Waals surface area contributed by atoms with Gasteiger partial charge >= 0.3 is 0 Å². The van der Waals surface area contributed by atoms with Crippen LogP contribution in [0.3, 0.4) is 0 Å². The number of hydrogen-bond acceptors (Lipinski definition) is 4. The molecule has 2 aromatic rings. The number of hydrogen-bond donors (Lipinski definition) is 2. The zero-order chi connectivity index (χ0) is 19.7. The van der Waals surface area contributed by atoms with Gasteiger partial charge in [-0.3, -0.25) is 4.79 Å². The first-order chi connectivity index (χ1) is 13.0. The number of benzene rings is 1. The zero-order valence-corrected chi connectivity index (χ0v) is 16.4. The molecular formula is C22H29N3O2. The smallest absolute Gasteiger partial charge is 0.287 e. The maximum Gasteiger partial charge on any atom is 0.287 e. The molecule has 1 aromatic heterocycles. The summed E-state index contributed by atoms with van der Waals surface area (Å²) >= 11 is 0. The Morgan fingerprint density at radius 1 is 1.19 bits per heavy atom. The highest BCUT2D eigenvalue weighted by Gasteiger charge is 2.36. The normalized spacial score (nSPS) is 13.1. The number of carbonyl (C=O) groups is 1. The van der Waals surface area contributed by atoms with Crippen LogP contribution in [0.15, 0.2) is 47.1 Å². The molecule has 5 heteroatoms. The molecule has 0 bridgehead atoms. The number of amides is 1. The van der Waals surface area contributed by atoms with Crippen LogP contribution in [0.25, 0.3) is 0 Å². The van der Waals surface area contributed by atoms with Gasteiger partial charge in [-0.05, 0) is 55.5 Å². The van der Waals surface area contributed by atoms with Gasteiger partial charge in [0.25, 0.3) is 5.91 Å². The van der Waals surface area contributed by atoms with Crippen LogP contribution in [0.1, 0.15) is 48.4 Å². The molecule has 1 aromatic carbocycles. The Morgan fingerprint density at radius 2 is 1.96 bits per heavy atom. The maximum atomic E-state index is 11.8. The molecule has 144 valence electrons. The van der Waals surface area contributed by atoms with Crippen molar-refractivity contribution in [2.75, 3.05) is 19.6 Å². The number of rotatable bonds is 10. The zero-order valence-electron chi connectivity index (χ0n) is 16.4. The van der Waals surface area contributed by atoms with Gasteiger partial charge in [-0.15, -0.1) is 0 Å². The van der Waals surface area contributed by atoms with Gasteiger partial charge in [0.1, 0.15) is 0 Å². The van der Waals surface area contributed by atoms with E-state index in [0.29, 0.717) is 18.8 Å². The summed E-state index contributed by atoms with van der Waals surface area (Å²) < 4.78 is 5.05. The van der Waals surface area contributed by atoms with E-state index in [1.807, 2.05) is 12.1 Å². The lowest BCUT2D eigenvalue weighted by molar-refractivity contribution is 0.0926. The van der Waals surface area contributed by atoms with E-state index < -0.39 is 5.41 Å². The minimum absolute atomic E-state index is 0.204. The number of nitrogens with zero attached hydrogens (tertiary/aromatic N) is 1. The average Bonchev–Trinajstić information content (AvgIpc) is 3.19. The Balaban J connectivity index is 1.79. The van der Waals surface area contributed by atoms with Crippen molar-refractivity contribution in [1.82, 2.24) is 10.6 Å². The minimum Gasteiger partial charge on any atom is -0.459 e. The van der Waals surface area contributed by atoms with Gasteiger partial charge < -0.3 is 15.1 Å². The average molecular weight is 367 g/mol. The summed E-state index contributed by atoms with van der Waals surface area (Å²) in [5.74, 6) is 0.352. The summed E-state index contributed by atoms with van der Waals surface area (Å²) in [7, 11) is 0. The lowest BCUT2D eigenvalue weighted by atomic mass is 9.68. The van der Waals surface area contributed by atoms with Gasteiger partial charge in [-0.25, -0.2) is 0 Å². The molecule has 0 fully saturated rings. The van der Waals surface area contributed by atoms with E-state index in [1.54, 1.807) is 12.1 Å². The quantitative estimate of drug-likeness (QED) is 0.626. The van der Waals surface area contributed by atoms with Gasteiger partial charge in [-0.2, -0.15) is 5.26 Å². The summed E-state index contributed by atoms with van der Waals surface area (Å²) in [6, 6.07) is 14.1. The van der Waals surface area contributed by atoms with Crippen molar-refractivity contribution in [3.8, 4) is 6.07 Å². The molecule has 0 aliphatic rings. The lowest BCUT2D eigenvalue weighted by Crippen LogP contribution is -2.34. The van der Waals surface area contributed by atoms with E-state index in [-0.39, 0.29) is 11.8 Å². The summed E-state index contributed by atoms with van der Waals surface area (Å²) in [6.07, 6.45) is 3.18. The highest BCUT2D eigenvalue weighted by atomic mass is 16.3. The summed E-state index contributed by atoms with van der Waals surface area (Å²) in [6.45, 7) is 8.33. The molecule has 1 heterocycles. The summed E-state index contributed by atoms with van der Waals surface area (Å²) in [4.78, 5) is 11.8. The van der Waals surface area contributed by atoms with Gasteiger partial charge in [-0.1, -0.05) is 38.1 Å². The van der Waals surface area contributed by atoms with Crippen molar-refractivity contribution in [3.05, 3.63) is 59.5 Å². The fourth-order valence-corrected chi connectivity index (χ4v) is 3.43. The fourth-order valence-electron chi connectivity index (χ4n) is 3.43. The van der Waals surface area contributed by atoms with Crippen molar-refractivity contribution >= 4 is 5.91 Å². The Morgan fingerprint density at radius 3 is 2.59 bits per heavy atom. The predicted molar refractivity (Wildman–Crippen MR) is 106 cm³/mol. The van der Waals surface area contributed by atoms with Crippen molar-refractivity contribution in [2.45, 2.75) is 39.0 Å². The number of nitrogens with one attached hydrogen (secondary N) is 2. The van der Waals surface area contributed by atoms with Crippen molar-refractivity contribution in [1.29, 1.82) is 5.26 Å². The lowest BCUT2D eigenvalue weighted by Gasteiger charge is -2.33. The van der Waals surface area contributed by atoms with Crippen LogP contribution >= 0.6 is 0 Å². The third-order valence-electron chi connectivity index (χ3n) is 5.07. The number of furan rings is 1. The number of aryl methyl sites for hydroxylation is 1. The monoisotopic (exact) mass is 367 g/mol. The van der Waals surface area contributed by atoms with Crippen LogP contribution in [-0.2, 0) is 5.41 Å². The Labute approximate surface area is 161 Å². The van der Waals surface area contributed by atoms with E-state index in [9.17, 15) is 10.1 Å². The molecular weight excluding hydrogens is 338 g/mol. The van der Waals surface area contributed by atoms with Crippen molar-refractivity contribution in [3.63, 3.8) is 0 Å². The van der Waals surface area contributed by atoms with E-state index in [0.717, 1.165) is 24.9 Å². The molecule has 0 radical (unpaired) electrons. The summed E-state index contributed by atoms with van der Waals surface area (Å²) in [5, 5.41) is 16.1. The second kappa shape index (κ2) is 9.94.